The van der Waals surface area contributed by atoms with Gasteiger partial charge in [0, 0.05) is 11.1 Å². The number of nitrogens with zero attached hydrogens (tertiary/aromatic N) is 4. The highest BCUT2D eigenvalue weighted by Gasteiger charge is 2.18. The SMILES string of the molecule is O=c1c2ccccc2nc(-c2cccc(-c3nc4ccccc4c(=O)n3-c3ccccc3)c2)n1-c1ccccc1. The van der Waals surface area contributed by atoms with Gasteiger partial charge in [-0.15, -0.1) is 0 Å². The van der Waals surface area contributed by atoms with Crippen molar-refractivity contribution in [2.45, 2.75) is 0 Å². The molecule has 0 amide bonds. The Morgan fingerprint density at radius 1 is 0.425 bits per heavy atom. The smallest absolute Gasteiger partial charge is 0.266 e. The van der Waals surface area contributed by atoms with Gasteiger partial charge in [0.1, 0.15) is 11.6 Å². The third-order valence-electron chi connectivity index (χ3n) is 6.96. The van der Waals surface area contributed by atoms with Gasteiger partial charge in [0.15, 0.2) is 0 Å². The van der Waals surface area contributed by atoms with E-state index in [1.54, 1.807) is 21.3 Å². The molecule has 7 rings (SSSR count). The second-order valence-electron chi connectivity index (χ2n) is 9.44. The molecule has 0 saturated carbocycles. The van der Waals surface area contributed by atoms with E-state index in [0.29, 0.717) is 33.5 Å². The first-order valence-corrected chi connectivity index (χ1v) is 12.9. The van der Waals surface area contributed by atoms with Crippen LogP contribution in [0.2, 0.25) is 0 Å². The molecule has 2 heterocycles. The van der Waals surface area contributed by atoms with E-state index < -0.39 is 0 Å². The largest absolute Gasteiger partial charge is 0.268 e. The Balaban J connectivity index is 1.52. The highest BCUT2D eigenvalue weighted by Crippen LogP contribution is 2.28. The molecule has 0 bridgehead atoms. The van der Waals surface area contributed by atoms with Crippen molar-refractivity contribution in [2.75, 3.05) is 0 Å². The van der Waals surface area contributed by atoms with E-state index in [0.717, 1.165) is 22.5 Å². The van der Waals surface area contributed by atoms with Gasteiger partial charge in [-0.3, -0.25) is 18.7 Å². The summed E-state index contributed by atoms with van der Waals surface area (Å²) < 4.78 is 3.28. The zero-order chi connectivity index (χ0) is 27.1. The van der Waals surface area contributed by atoms with Crippen LogP contribution >= 0.6 is 0 Å². The van der Waals surface area contributed by atoms with Gasteiger partial charge in [-0.2, -0.15) is 0 Å². The monoisotopic (exact) mass is 518 g/mol. The molecular formula is C34H22N4O2. The minimum Gasteiger partial charge on any atom is -0.268 e. The lowest BCUT2D eigenvalue weighted by Crippen LogP contribution is -2.22. The molecular weight excluding hydrogens is 496 g/mol. The molecule has 0 radical (unpaired) electrons. The van der Waals surface area contributed by atoms with Gasteiger partial charge in [0.2, 0.25) is 0 Å². The molecule has 2 aromatic heterocycles. The van der Waals surface area contributed by atoms with Gasteiger partial charge in [0.25, 0.3) is 11.1 Å². The van der Waals surface area contributed by atoms with Gasteiger partial charge in [-0.25, -0.2) is 9.97 Å². The molecule has 0 N–H and O–H groups in total. The van der Waals surface area contributed by atoms with E-state index in [1.807, 2.05) is 121 Å². The molecule has 0 atom stereocenters. The first-order valence-electron chi connectivity index (χ1n) is 12.9. The number of hydrogen-bond donors (Lipinski definition) is 0. The van der Waals surface area contributed by atoms with E-state index in [9.17, 15) is 9.59 Å². The Bertz CT molecular complexity index is 2000. The fraction of sp³-hybridized carbons (Fsp3) is 0. The minimum absolute atomic E-state index is 0.151. The Morgan fingerprint density at radius 2 is 0.825 bits per heavy atom. The van der Waals surface area contributed by atoms with Crippen LogP contribution in [0.25, 0.3) is 56.0 Å². The van der Waals surface area contributed by atoms with Crippen molar-refractivity contribution < 1.29 is 0 Å². The summed E-state index contributed by atoms with van der Waals surface area (Å²) in [6.45, 7) is 0. The van der Waals surface area contributed by atoms with Crippen LogP contribution in [-0.4, -0.2) is 19.1 Å². The summed E-state index contributed by atoms with van der Waals surface area (Å²) in [6.07, 6.45) is 0. The summed E-state index contributed by atoms with van der Waals surface area (Å²) in [4.78, 5) is 37.4. The maximum Gasteiger partial charge on any atom is 0.266 e. The average Bonchev–Trinajstić information content (AvgIpc) is 3.02. The summed E-state index contributed by atoms with van der Waals surface area (Å²) in [5, 5.41) is 1.08. The van der Waals surface area contributed by atoms with Crippen LogP contribution in [0.15, 0.2) is 143 Å². The second-order valence-corrected chi connectivity index (χ2v) is 9.44. The third kappa shape index (κ3) is 3.90. The second kappa shape index (κ2) is 9.60. The number of para-hydroxylation sites is 4. The lowest BCUT2D eigenvalue weighted by atomic mass is 10.1. The highest BCUT2D eigenvalue weighted by atomic mass is 16.1. The average molecular weight is 519 g/mol. The van der Waals surface area contributed by atoms with Crippen LogP contribution in [0, 0.1) is 0 Å². The van der Waals surface area contributed by atoms with E-state index in [2.05, 4.69) is 0 Å². The maximum atomic E-state index is 13.8. The zero-order valence-corrected chi connectivity index (χ0v) is 21.3. The molecule has 40 heavy (non-hydrogen) atoms. The van der Waals surface area contributed by atoms with Gasteiger partial charge >= 0.3 is 0 Å². The first kappa shape index (κ1) is 23.5. The fourth-order valence-corrected chi connectivity index (χ4v) is 5.08. The molecule has 0 aliphatic rings. The molecule has 190 valence electrons. The van der Waals surface area contributed by atoms with Gasteiger partial charge in [-0.1, -0.05) is 78.9 Å². The summed E-state index contributed by atoms with van der Waals surface area (Å²) in [5.74, 6) is 1.01. The molecule has 7 aromatic rings. The Hall–Kier alpha value is -5.62. The number of aromatic nitrogens is 4. The predicted molar refractivity (Wildman–Crippen MR) is 159 cm³/mol. The molecule has 6 heteroatoms. The normalized spacial score (nSPS) is 11.2. The van der Waals surface area contributed by atoms with Crippen molar-refractivity contribution in [2.24, 2.45) is 0 Å². The predicted octanol–water partition coefficient (Wildman–Crippen LogP) is 6.42. The summed E-state index contributed by atoms with van der Waals surface area (Å²) >= 11 is 0. The van der Waals surface area contributed by atoms with E-state index in [-0.39, 0.29) is 11.1 Å². The van der Waals surface area contributed by atoms with Gasteiger partial charge in [-0.05, 0) is 54.6 Å². The van der Waals surface area contributed by atoms with Crippen molar-refractivity contribution in [3.8, 4) is 34.2 Å². The highest BCUT2D eigenvalue weighted by molar-refractivity contribution is 5.83. The van der Waals surface area contributed by atoms with Crippen LogP contribution in [0.3, 0.4) is 0 Å². The molecule has 0 aliphatic carbocycles. The van der Waals surface area contributed by atoms with E-state index in [4.69, 9.17) is 9.97 Å². The van der Waals surface area contributed by atoms with Crippen molar-refractivity contribution in [3.05, 3.63) is 154 Å². The molecule has 0 spiro atoms. The lowest BCUT2D eigenvalue weighted by Gasteiger charge is -2.16. The molecule has 5 aromatic carbocycles. The van der Waals surface area contributed by atoms with Crippen LogP contribution < -0.4 is 11.1 Å². The fourth-order valence-electron chi connectivity index (χ4n) is 5.08. The van der Waals surface area contributed by atoms with Crippen LogP contribution in [0.4, 0.5) is 0 Å². The molecule has 0 unspecified atom stereocenters. The van der Waals surface area contributed by atoms with Crippen LogP contribution in [0.1, 0.15) is 0 Å². The van der Waals surface area contributed by atoms with Crippen molar-refractivity contribution in [1.82, 2.24) is 19.1 Å². The summed E-state index contributed by atoms with van der Waals surface area (Å²) in [7, 11) is 0. The van der Waals surface area contributed by atoms with Gasteiger partial charge in [0.05, 0.1) is 33.2 Å². The van der Waals surface area contributed by atoms with E-state index in [1.165, 1.54) is 0 Å². The summed E-state index contributed by atoms with van der Waals surface area (Å²) in [6, 6.07) is 41.4. The number of hydrogen-bond acceptors (Lipinski definition) is 4. The number of rotatable bonds is 4. The van der Waals surface area contributed by atoms with E-state index >= 15 is 0 Å². The Labute approximate surface area is 229 Å². The summed E-state index contributed by atoms with van der Waals surface area (Å²) in [5.41, 5.74) is 3.82. The minimum atomic E-state index is -0.151. The van der Waals surface area contributed by atoms with Gasteiger partial charge < -0.3 is 0 Å². The van der Waals surface area contributed by atoms with Crippen LogP contribution in [0.5, 0.6) is 0 Å². The zero-order valence-electron chi connectivity index (χ0n) is 21.3. The molecule has 6 nitrogen and oxygen atoms in total. The maximum absolute atomic E-state index is 13.8. The Kier molecular flexibility index (Phi) is 5.64. The lowest BCUT2D eigenvalue weighted by molar-refractivity contribution is 0.970. The Morgan fingerprint density at radius 3 is 1.27 bits per heavy atom. The quantitative estimate of drug-likeness (QED) is 0.270. The molecule has 0 aliphatic heterocycles. The number of fused-ring (bicyclic) bond motifs is 2. The topological polar surface area (TPSA) is 69.8 Å². The van der Waals surface area contributed by atoms with Crippen molar-refractivity contribution in [3.63, 3.8) is 0 Å². The number of benzene rings is 5. The third-order valence-corrected chi connectivity index (χ3v) is 6.96. The van der Waals surface area contributed by atoms with Crippen molar-refractivity contribution >= 4 is 21.8 Å². The molecule has 0 fully saturated rings. The van der Waals surface area contributed by atoms with Crippen LogP contribution in [-0.2, 0) is 0 Å². The standard InChI is InChI=1S/C34H22N4O2/c39-33-27-18-7-9-20-29(27)35-31(37(33)25-14-3-1-4-15-25)23-12-11-13-24(22-23)32-36-30-21-10-8-19-28(30)34(40)38(32)26-16-5-2-6-17-26/h1-22H. The first-order chi connectivity index (χ1) is 19.7. The molecule has 0 saturated heterocycles. The van der Waals surface area contributed by atoms with Crippen molar-refractivity contribution in [1.29, 1.82) is 0 Å².